The van der Waals surface area contributed by atoms with Gasteiger partial charge in [-0.15, -0.1) is 0 Å². The molecule has 0 aliphatic heterocycles. The van der Waals surface area contributed by atoms with E-state index in [-0.39, 0.29) is 5.66 Å². The molecule has 0 bridgehead atoms. The molecule has 0 aliphatic carbocycles. The van der Waals surface area contributed by atoms with Crippen molar-refractivity contribution in [2.24, 2.45) is 5.92 Å². The molecule has 0 aromatic carbocycles. The monoisotopic (exact) mass is 256 g/mol. The minimum Gasteiger partial charge on any atom is -0.292 e. The summed E-state index contributed by atoms with van der Waals surface area (Å²) in [6, 6.07) is 0. The van der Waals surface area contributed by atoms with Crippen molar-refractivity contribution in [3.63, 3.8) is 0 Å². The highest BCUT2D eigenvalue weighted by Crippen LogP contribution is 2.29. The van der Waals surface area contributed by atoms with Gasteiger partial charge in [0, 0.05) is 0 Å². The van der Waals surface area contributed by atoms with E-state index in [1.165, 1.54) is 44.9 Å². The van der Waals surface area contributed by atoms with Gasteiger partial charge in [0.05, 0.1) is 5.66 Å². The Labute approximate surface area is 116 Å². The van der Waals surface area contributed by atoms with Gasteiger partial charge in [-0.3, -0.25) is 9.80 Å². The first-order valence-corrected chi connectivity index (χ1v) is 7.72. The second-order valence-corrected chi connectivity index (χ2v) is 6.34. The molecular weight excluding hydrogens is 220 g/mol. The zero-order valence-corrected chi connectivity index (χ0v) is 13.9. The van der Waals surface area contributed by atoms with Crippen LogP contribution in [0.15, 0.2) is 0 Å². The predicted octanol–water partition coefficient (Wildman–Crippen LogP) is 4.21. The van der Waals surface area contributed by atoms with Gasteiger partial charge < -0.3 is 0 Å². The van der Waals surface area contributed by atoms with Crippen LogP contribution in [0, 0.1) is 5.92 Å². The van der Waals surface area contributed by atoms with Crippen LogP contribution in [0.4, 0.5) is 0 Å². The lowest BCUT2D eigenvalue weighted by Gasteiger charge is -2.47. The van der Waals surface area contributed by atoms with E-state index in [9.17, 15) is 0 Å². The number of unbranched alkanes of at least 4 members (excludes halogenated alkanes) is 5. The lowest BCUT2D eigenvalue weighted by Crippen LogP contribution is -2.57. The summed E-state index contributed by atoms with van der Waals surface area (Å²) >= 11 is 0. The van der Waals surface area contributed by atoms with E-state index in [0.29, 0.717) is 5.92 Å². The molecule has 0 aromatic heterocycles. The molecule has 0 radical (unpaired) electrons. The second-order valence-electron chi connectivity index (χ2n) is 6.34. The predicted molar refractivity (Wildman–Crippen MR) is 82.9 cm³/mol. The minimum atomic E-state index is 0.170. The van der Waals surface area contributed by atoms with Gasteiger partial charge >= 0.3 is 0 Å². The second kappa shape index (κ2) is 8.92. The smallest absolute Gasteiger partial charge is 0.0725 e. The number of rotatable bonds is 10. The summed E-state index contributed by atoms with van der Waals surface area (Å²) in [5.74, 6) is 0.702. The first-order chi connectivity index (χ1) is 8.37. The summed E-state index contributed by atoms with van der Waals surface area (Å²) in [5, 5.41) is 0. The first kappa shape index (κ1) is 17.9. The van der Waals surface area contributed by atoms with E-state index in [1.807, 2.05) is 0 Å². The Kier molecular flexibility index (Phi) is 8.89. The van der Waals surface area contributed by atoms with E-state index in [1.54, 1.807) is 0 Å². The fraction of sp³-hybridized carbons (Fsp3) is 1.00. The largest absolute Gasteiger partial charge is 0.292 e. The summed E-state index contributed by atoms with van der Waals surface area (Å²) in [6.07, 6.45) is 9.70. The molecule has 0 N–H and O–H groups in total. The summed E-state index contributed by atoms with van der Waals surface area (Å²) in [5.41, 5.74) is 0.170. The number of hydrogen-bond donors (Lipinski definition) is 0. The van der Waals surface area contributed by atoms with Crippen molar-refractivity contribution in [2.75, 3.05) is 28.2 Å². The summed E-state index contributed by atoms with van der Waals surface area (Å²) < 4.78 is 0. The van der Waals surface area contributed by atoms with Crippen LogP contribution in [-0.4, -0.2) is 43.7 Å². The number of nitrogens with zero attached hydrogens (tertiary/aromatic N) is 2. The van der Waals surface area contributed by atoms with Gasteiger partial charge in [0.2, 0.25) is 0 Å². The lowest BCUT2D eigenvalue weighted by atomic mass is 9.88. The molecule has 0 aliphatic rings. The SMILES string of the molecule is CCCCCCCCC(C)C(C)(N(C)C)N(C)C. The summed E-state index contributed by atoms with van der Waals surface area (Å²) in [4.78, 5) is 4.71. The molecule has 0 aromatic rings. The Morgan fingerprint density at radius 1 is 0.833 bits per heavy atom. The third-order valence-electron chi connectivity index (χ3n) is 4.74. The van der Waals surface area contributed by atoms with Gasteiger partial charge in [0.25, 0.3) is 0 Å². The molecule has 0 saturated carbocycles. The fourth-order valence-corrected chi connectivity index (χ4v) is 2.79. The zero-order valence-electron chi connectivity index (χ0n) is 13.9. The van der Waals surface area contributed by atoms with Crippen LogP contribution in [-0.2, 0) is 0 Å². The Hall–Kier alpha value is -0.0800. The van der Waals surface area contributed by atoms with Gasteiger partial charge in [-0.1, -0.05) is 52.4 Å². The van der Waals surface area contributed by atoms with E-state index < -0.39 is 0 Å². The quantitative estimate of drug-likeness (QED) is 0.427. The Morgan fingerprint density at radius 3 is 1.72 bits per heavy atom. The van der Waals surface area contributed by atoms with Gasteiger partial charge in [0.1, 0.15) is 0 Å². The van der Waals surface area contributed by atoms with Crippen LogP contribution >= 0.6 is 0 Å². The fourth-order valence-electron chi connectivity index (χ4n) is 2.79. The van der Waals surface area contributed by atoms with Crippen molar-refractivity contribution >= 4 is 0 Å². The number of hydrogen-bond acceptors (Lipinski definition) is 2. The molecule has 0 heterocycles. The first-order valence-electron chi connectivity index (χ1n) is 7.72. The molecular formula is C16H36N2. The van der Waals surface area contributed by atoms with Crippen LogP contribution in [0.3, 0.4) is 0 Å². The molecule has 0 fully saturated rings. The standard InChI is InChI=1S/C16H36N2/c1-8-9-10-11-12-13-14-15(2)16(3,17(4)5)18(6)7/h15H,8-14H2,1-7H3. The zero-order chi connectivity index (χ0) is 14.2. The van der Waals surface area contributed by atoms with Crippen LogP contribution in [0.1, 0.15) is 65.7 Å². The third-order valence-corrected chi connectivity index (χ3v) is 4.74. The van der Waals surface area contributed by atoms with E-state index in [4.69, 9.17) is 0 Å². The van der Waals surface area contributed by atoms with Crippen molar-refractivity contribution in [3.05, 3.63) is 0 Å². The Balaban J connectivity index is 4.02. The maximum atomic E-state index is 2.39. The molecule has 110 valence electrons. The third kappa shape index (κ3) is 5.27. The highest BCUT2D eigenvalue weighted by molar-refractivity contribution is 4.85. The normalized spacial score (nSPS) is 14.5. The van der Waals surface area contributed by atoms with Crippen molar-refractivity contribution in [3.8, 4) is 0 Å². The lowest BCUT2D eigenvalue weighted by molar-refractivity contribution is -0.0302. The van der Waals surface area contributed by atoms with E-state index in [0.717, 1.165) is 0 Å². The van der Waals surface area contributed by atoms with Crippen molar-refractivity contribution in [1.82, 2.24) is 9.80 Å². The van der Waals surface area contributed by atoms with Gasteiger partial charge in [-0.05, 0) is 47.5 Å². The topological polar surface area (TPSA) is 6.48 Å². The van der Waals surface area contributed by atoms with Gasteiger partial charge in [-0.2, -0.15) is 0 Å². The van der Waals surface area contributed by atoms with Crippen LogP contribution in [0.25, 0.3) is 0 Å². The maximum absolute atomic E-state index is 2.39. The molecule has 1 unspecified atom stereocenters. The van der Waals surface area contributed by atoms with Crippen molar-refractivity contribution in [2.45, 2.75) is 71.4 Å². The molecule has 0 spiro atoms. The molecule has 0 amide bonds. The average molecular weight is 256 g/mol. The van der Waals surface area contributed by atoms with Gasteiger partial charge in [0.15, 0.2) is 0 Å². The van der Waals surface area contributed by atoms with Crippen molar-refractivity contribution in [1.29, 1.82) is 0 Å². The summed E-state index contributed by atoms with van der Waals surface area (Å²) in [6.45, 7) is 7.03. The minimum absolute atomic E-state index is 0.170. The maximum Gasteiger partial charge on any atom is 0.0725 e. The molecule has 1 atom stereocenters. The molecule has 0 rings (SSSR count). The Morgan fingerprint density at radius 2 is 1.28 bits per heavy atom. The highest BCUT2D eigenvalue weighted by atomic mass is 15.4. The average Bonchev–Trinajstić information content (AvgIpc) is 2.31. The van der Waals surface area contributed by atoms with Crippen LogP contribution in [0.5, 0.6) is 0 Å². The Bertz CT molecular complexity index is 191. The van der Waals surface area contributed by atoms with E-state index in [2.05, 4.69) is 58.8 Å². The summed E-state index contributed by atoms with van der Waals surface area (Å²) in [7, 11) is 8.77. The molecule has 2 heteroatoms. The van der Waals surface area contributed by atoms with Gasteiger partial charge in [-0.25, -0.2) is 0 Å². The molecule has 2 nitrogen and oxygen atoms in total. The van der Waals surface area contributed by atoms with Crippen LogP contribution < -0.4 is 0 Å². The molecule has 0 saturated heterocycles. The van der Waals surface area contributed by atoms with Crippen LogP contribution in [0.2, 0.25) is 0 Å². The van der Waals surface area contributed by atoms with Crippen molar-refractivity contribution < 1.29 is 0 Å². The highest BCUT2D eigenvalue weighted by Gasteiger charge is 2.34. The van der Waals surface area contributed by atoms with E-state index >= 15 is 0 Å². The molecule has 18 heavy (non-hydrogen) atoms.